The zero-order chi connectivity index (χ0) is 11.4. The van der Waals surface area contributed by atoms with Gasteiger partial charge in [0.15, 0.2) is 0 Å². The van der Waals surface area contributed by atoms with Crippen LogP contribution in [0.4, 0.5) is 0 Å². The molecule has 3 N–H and O–H groups in total. The second-order valence-electron chi connectivity index (χ2n) is 4.28. The van der Waals surface area contributed by atoms with Crippen LogP contribution in [0.15, 0.2) is 5.38 Å². The topological polar surface area (TPSA) is 60.2 Å². The molecule has 0 aliphatic carbocycles. The molecule has 2 heterocycles. The van der Waals surface area contributed by atoms with Crippen molar-refractivity contribution in [3.63, 3.8) is 0 Å². The SMILES string of the molecule is Cc1nc(CC(NN)C2CCOCC2)cs1. The van der Waals surface area contributed by atoms with Crippen molar-refractivity contribution < 1.29 is 4.74 Å². The number of nitrogens with zero attached hydrogens (tertiary/aromatic N) is 1. The second kappa shape index (κ2) is 5.72. The summed E-state index contributed by atoms with van der Waals surface area (Å²) in [6, 6.07) is 0.324. The van der Waals surface area contributed by atoms with Crippen molar-refractivity contribution >= 4 is 11.3 Å². The standard InChI is InChI=1S/C11H19N3OS/c1-8-13-10(7-16-8)6-11(14-12)9-2-4-15-5-3-9/h7,9,11,14H,2-6,12H2,1H3. The summed E-state index contributed by atoms with van der Waals surface area (Å²) in [6.07, 6.45) is 3.11. The van der Waals surface area contributed by atoms with Gasteiger partial charge in [-0.3, -0.25) is 11.3 Å². The lowest BCUT2D eigenvalue weighted by atomic mass is 9.89. The first kappa shape index (κ1) is 12.0. The molecule has 1 atom stereocenters. The van der Waals surface area contributed by atoms with Crippen LogP contribution in [0.2, 0.25) is 0 Å². The van der Waals surface area contributed by atoms with Gasteiger partial charge in [0.1, 0.15) is 0 Å². The van der Waals surface area contributed by atoms with E-state index in [0.29, 0.717) is 12.0 Å². The van der Waals surface area contributed by atoms with Gasteiger partial charge in [-0.05, 0) is 25.7 Å². The zero-order valence-corrected chi connectivity index (χ0v) is 10.4. The third-order valence-electron chi connectivity index (χ3n) is 3.14. The molecule has 1 saturated heterocycles. The first-order valence-corrected chi connectivity index (χ1v) is 6.62. The molecule has 0 radical (unpaired) electrons. The smallest absolute Gasteiger partial charge is 0.0897 e. The van der Waals surface area contributed by atoms with Gasteiger partial charge in [-0.25, -0.2) is 4.98 Å². The highest BCUT2D eigenvalue weighted by Gasteiger charge is 2.23. The molecule has 0 bridgehead atoms. The molecule has 1 aliphatic heterocycles. The van der Waals surface area contributed by atoms with Gasteiger partial charge in [0.05, 0.1) is 10.7 Å². The maximum atomic E-state index is 5.64. The van der Waals surface area contributed by atoms with E-state index in [-0.39, 0.29) is 0 Å². The number of hydrogen-bond donors (Lipinski definition) is 2. The Labute approximate surface area is 100 Å². The summed E-state index contributed by atoms with van der Waals surface area (Å²) in [5, 5.41) is 3.25. The van der Waals surface area contributed by atoms with Crippen molar-refractivity contribution in [2.75, 3.05) is 13.2 Å². The van der Waals surface area contributed by atoms with E-state index >= 15 is 0 Å². The number of nitrogens with one attached hydrogen (secondary N) is 1. The van der Waals surface area contributed by atoms with E-state index in [9.17, 15) is 0 Å². The number of hydrazine groups is 1. The van der Waals surface area contributed by atoms with E-state index in [2.05, 4.69) is 15.8 Å². The summed E-state index contributed by atoms with van der Waals surface area (Å²) >= 11 is 1.70. The Morgan fingerprint density at radius 3 is 2.94 bits per heavy atom. The number of nitrogens with two attached hydrogens (primary N) is 1. The second-order valence-corrected chi connectivity index (χ2v) is 5.35. The lowest BCUT2D eigenvalue weighted by Gasteiger charge is -2.29. The number of aryl methyl sites for hydroxylation is 1. The van der Waals surface area contributed by atoms with Crippen LogP contribution >= 0.6 is 11.3 Å². The molecule has 0 amide bonds. The molecule has 1 aromatic rings. The molecule has 1 fully saturated rings. The van der Waals surface area contributed by atoms with E-state index in [1.165, 1.54) is 0 Å². The van der Waals surface area contributed by atoms with Gasteiger partial charge in [0, 0.05) is 31.1 Å². The fourth-order valence-electron chi connectivity index (χ4n) is 2.21. The van der Waals surface area contributed by atoms with E-state index < -0.39 is 0 Å². The molecule has 16 heavy (non-hydrogen) atoms. The lowest BCUT2D eigenvalue weighted by Crippen LogP contribution is -2.44. The monoisotopic (exact) mass is 241 g/mol. The van der Waals surface area contributed by atoms with Crippen LogP contribution in [-0.4, -0.2) is 24.2 Å². The fourth-order valence-corrected chi connectivity index (χ4v) is 2.83. The molecule has 1 aliphatic rings. The van der Waals surface area contributed by atoms with Gasteiger partial charge in [-0.2, -0.15) is 0 Å². The van der Waals surface area contributed by atoms with Crippen molar-refractivity contribution in [3.05, 3.63) is 16.1 Å². The van der Waals surface area contributed by atoms with Crippen molar-refractivity contribution in [1.29, 1.82) is 0 Å². The minimum Gasteiger partial charge on any atom is -0.381 e. The summed E-state index contributed by atoms with van der Waals surface area (Å²) in [4.78, 5) is 4.48. The summed E-state index contributed by atoms with van der Waals surface area (Å²) in [5.74, 6) is 6.25. The van der Waals surface area contributed by atoms with E-state index in [1.807, 2.05) is 6.92 Å². The van der Waals surface area contributed by atoms with Crippen LogP contribution in [0.5, 0.6) is 0 Å². The van der Waals surface area contributed by atoms with Gasteiger partial charge < -0.3 is 4.74 Å². The van der Waals surface area contributed by atoms with Crippen LogP contribution in [0.25, 0.3) is 0 Å². The van der Waals surface area contributed by atoms with E-state index in [0.717, 1.165) is 43.2 Å². The molecule has 2 rings (SSSR count). The molecule has 1 aromatic heterocycles. The maximum Gasteiger partial charge on any atom is 0.0897 e. The van der Waals surface area contributed by atoms with Gasteiger partial charge >= 0.3 is 0 Å². The van der Waals surface area contributed by atoms with Gasteiger partial charge in [0.25, 0.3) is 0 Å². The fraction of sp³-hybridized carbons (Fsp3) is 0.727. The first-order chi connectivity index (χ1) is 7.79. The Bertz CT molecular complexity index is 323. The van der Waals surface area contributed by atoms with Crippen molar-refractivity contribution in [2.24, 2.45) is 11.8 Å². The molecule has 4 nitrogen and oxygen atoms in total. The Hall–Kier alpha value is -0.490. The van der Waals surface area contributed by atoms with Crippen LogP contribution < -0.4 is 11.3 Å². The summed E-state index contributed by atoms with van der Waals surface area (Å²) in [5.41, 5.74) is 4.09. The Morgan fingerprint density at radius 2 is 2.38 bits per heavy atom. The number of hydrogen-bond acceptors (Lipinski definition) is 5. The third-order valence-corrected chi connectivity index (χ3v) is 3.97. The molecule has 1 unspecified atom stereocenters. The summed E-state index contributed by atoms with van der Waals surface area (Å²) in [6.45, 7) is 3.76. The molecule has 5 heteroatoms. The summed E-state index contributed by atoms with van der Waals surface area (Å²) in [7, 11) is 0. The Balaban J connectivity index is 1.94. The van der Waals surface area contributed by atoms with Crippen molar-refractivity contribution in [3.8, 4) is 0 Å². The van der Waals surface area contributed by atoms with Crippen LogP contribution in [0.3, 0.4) is 0 Å². The summed E-state index contributed by atoms with van der Waals surface area (Å²) < 4.78 is 5.37. The maximum absolute atomic E-state index is 5.64. The first-order valence-electron chi connectivity index (χ1n) is 5.74. The Kier molecular flexibility index (Phi) is 4.29. The number of thiazole rings is 1. The highest BCUT2D eigenvalue weighted by Crippen LogP contribution is 2.21. The van der Waals surface area contributed by atoms with Gasteiger partial charge in [0.2, 0.25) is 0 Å². The predicted molar refractivity (Wildman–Crippen MR) is 65.2 cm³/mol. The van der Waals surface area contributed by atoms with Crippen molar-refractivity contribution in [1.82, 2.24) is 10.4 Å². The third kappa shape index (κ3) is 3.01. The lowest BCUT2D eigenvalue weighted by molar-refractivity contribution is 0.0537. The number of aromatic nitrogens is 1. The van der Waals surface area contributed by atoms with Crippen LogP contribution in [-0.2, 0) is 11.2 Å². The average molecular weight is 241 g/mol. The molecule has 0 aromatic carbocycles. The zero-order valence-electron chi connectivity index (χ0n) is 9.61. The normalized spacial score (nSPS) is 19.9. The molecule has 0 spiro atoms. The minimum atomic E-state index is 0.324. The molecule has 0 saturated carbocycles. The van der Waals surface area contributed by atoms with E-state index in [1.54, 1.807) is 11.3 Å². The largest absolute Gasteiger partial charge is 0.381 e. The quantitative estimate of drug-likeness (QED) is 0.615. The van der Waals surface area contributed by atoms with Crippen molar-refractivity contribution in [2.45, 2.75) is 32.2 Å². The van der Waals surface area contributed by atoms with Crippen LogP contribution in [0.1, 0.15) is 23.5 Å². The molecule has 90 valence electrons. The highest BCUT2D eigenvalue weighted by atomic mass is 32.1. The molecular formula is C11H19N3OS. The van der Waals surface area contributed by atoms with E-state index in [4.69, 9.17) is 10.6 Å². The van der Waals surface area contributed by atoms with Gasteiger partial charge in [-0.15, -0.1) is 11.3 Å². The minimum absolute atomic E-state index is 0.324. The Morgan fingerprint density at radius 1 is 1.62 bits per heavy atom. The average Bonchev–Trinajstić information content (AvgIpc) is 2.73. The number of rotatable bonds is 4. The molecular weight excluding hydrogens is 222 g/mol. The number of ether oxygens (including phenoxy) is 1. The predicted octanol–water partition coefficient (Wildman–Crippen LogP) is 1.25. The highest BCUT2D eigenvalue weighted by molar-refractivity contribution is 7.09. The van der Waals surface area contributed by atoms with Gasteiger partial charge in [-0.1, -0.05) is 0 Å². The van der Waals surface area contributed by atoms with Crippen LogP contribution in [0, 0.1) is 12.8 Å².